The molecule has 0 saturated heterocycles. The van der Waals surface area contributed by atoms with Crippen LogP contribution in [0, 0.1) is 0 Å². The zero-order valence-electron chi connectivity index (χ0n) is 36.7. The lowest BCUT2D eigenvalue weighted by Gasteiger charge is -2.21. The van der Waals surface area contributed by atoms with Crippen molar-refractivity contribution in [3.05, 3.63) is 141 Å². The molecule has 5 heterocycles. The van der Waals surface area contributed by atoms with Crippen LogP contribution < -0.4 is 0 Å². The Morgan fingerprint density at radius 1 is 0.290 bits per heavy atom. The van der Waals surface area contributed by atoms with Crippen LogP contribution in [0.4, 0.5) is 0 Å². The van der Waals surface area contributed by atoms with Gasteiger partial charge in [-0.05, 0) is 146 Å². The van der Waals surface area contributed by atoms with Crippen molar-refractivity contribution in [1.29, 1.82) is 0 Å². The third kappa shape index (κ3) is 11.2. The highest BCUT2D eigenvalue weighted by Gasteiger charge is 2.20. The van der Waals surface area contributed by atoms with Crippen LogP contribution in [-0.4, -0.2) is 29.9 Å². The molecule has 0 unspecified atom stereocenters. The lowest BCUT2D eigenvalue weighted by molar-refractivity contribution is 0.436. The summed E-state index contributed by atoms with van der Waals surface area (Å²) in [5.74, 6) is 2.18. The third-order valence-corrected chi connectivity index (χ3v) is 14.1. The van der Waals surface area contributed by atoms with E-state index in [0.717, 1.165) is 45.0 Å². The average molecular weight is 821 g/mol. The Balaban J connectivity index is 1.10. The third-order valence-electron chi connectivity index (χ3n) is 14.1. The summed E-state index contributed by atoms with van der Waals surface area (Å²) in [6.45, 7) is 0. The minimum atomic E-state index is 0.544. The summed E-state index contributed by atoms with van der Waals surface area (Å²) in [5, 5.41) is 0. The number of hydrogen-bond donors (Lipinski definition) is 0. The Morgan fingerprint density at radius 2 is 0.516 bits per heavy atom. The van der Waals surface area contributed by atoms with E-state index in [9.17, 15) is 0 Å². The van der Waals surface area contributed by atoms with Crippen molar-refractivity contribution < 1.29 is 0 Å². The maximum atomic E-state index is 5.44. The van der Waals surface area contributed by atoms with E-state index in [0.29, 0.717) is 23.7 Å². The number of rotatable bonds is 12. The molecule has 6 heteroatoms. The van der Waals surface area contributed by atoms with Crippen molar-refractivity contribution in [2.45, 2.75) is 152 Å². The van der Waals surface area contributed by atoms with Gasteiger partial charge in [-0.2, -0.15) is 0 Å². The molecule has 62 heavy (non-hydrogen) atoms. The van der Waals surface area contributed by atoms with Gasteiger partial charge in [-0.15, -0.1) is 0 Å². The molecule has 0 bridgehead atoms. The first-order valence-electron chi connectivity index (χ1n) is 24.2. The van der Waals surface area contributed by atoms with E-state index in [1.165, 1.54) is 151 Å². The van der Waals surface area contributed by atoms with Crippen LogP contribution in [0.3, 0.4) is 0 Å². The van der Waals surface area contributed by atoms with Gasteiger partial charge < -0.3 is 0 Å². The summed E-state index contributed by atoms with van der Waals surface area (Å²) < 4.78 is 0. The zero-order valence-corrected chi connectivity index (χ0v) is 36.7. The molecule has 0 aromatic carbocycles. The van der Waals surface area contributed by atoms with Crippen LogP contribution in [0.1, 0.15) is 220 Å². The summed E-state index contributed by atoms with van der Waals surface area (Å²) in [6, 6.07) is 17.5. The summed E-state index contributed by atoms with van der Waals surface area (Å²) in [5.41, 5.74) is 12.7. The first-order valence-corrected chi connectivity index (χ1v) is 24.2. The largest absolute Gasteiger partial charge is 0.261 e. The normalized spacial score (nSPS) is 19.1. The Bertz CT molecular complexity index is 2040. The van der Waals surface area contributed by atoms with Crippen molar-refractivity contribution in [2.24, 2.45) is 0 Å². The zero-order chi connectivity index (χ0) is 41.8. The van der Waals surface area contributed by atoms with Crippen molar-refractivity contribution >= 4 is 48.6 Å². The minimum absolute atomic E-state index is 0.544. The Kier molecular flexibility index (Phi) is 14.3. The highest BCUT2D eigenvalue weighted by atomic mass is 14.8. The molecule has 6 nitrogen and oxygen atoms in total. The summed E-state index contributed by atoms with van der Waals surface area (Å²) in [7, 11) is 0. The summed E-state index contributed by atoms with van der Waals surface area (Å²) in [6.07, 6.45) is 50.7. The lowest BCUT2D eigenvalue weighted by atomic mass is 9.86. The fraction of sp³-hybridized carbons (Fsp3) is 0.429. The molecule has 4 aliphatic rings. The molecular weight excluding hydrogens is 757 g/mol. The lowest BCUT2D eigenvalue weighted by Crippen LogP contribution is -2.06. The molecule has 4 aliphatic carbocycles. The van der Waals surface area contributed by atoms with Crippen LogP contribution in [0.2, 0.25) is 0 Å². The fourth-order valence-electron chi connectivity index (χ4n) is 10.4. The predicted octanol–water partition coefficient (Wildman–Crippen LogP) is 14.9. The monoisotopic (exact) mass is 821 g/mol. The van der Waals surface area contributed by atoms with E-state index in [1.54, 1.807) is 0 Å². The maximum absolute atomic E-state index is 5.44. The molecule has 0 amide bonds. The smallest absolute Gasteiger partial charge is 0.0894 e. The van der Waals surface area contributed by atoms with Gasteiger partial charge in [-0.1, -0.05) is 101 Å². The molecule has 9 rings (SSSR count). The van der Waals surface area contributed by atoms with Gasteiger partial charge in [0, 0.05) is 71.2 Å². The second-order valence-electron chi connectivity index (χ2n) is 18.5. The second-order valence-corrected chi connectivity index (χ2v) is 18.5. The van der Waals surface area contributed by atoms with Crippen molar-refractivity contribution in [2.75, 3.05) is 0 Å². The standard InChI is InChI=1S/C56H64N6/c1-5-13-45(14-6-1)53-37-41(29-33-57-53)21-25-49-50(26-22-42-30-34-58-54(38-42)46-15-7-2-8-16-46)62-52(28-24-44-32-36-60-56(40-44)48-19-11-4-12-20-48)51(61-49)27-23-43-31-35-59-55(39-43)47-17-9-3-10-18-47/h21-40,45-48H,1-20H2. The van der Waals surface area contributed by atoms with Crippen LogP contribution in [0.15, 0.2) is 73.3 Å². The summed E-state index contributed by atoms with van der Waals surface area (Å²) in [4.78, 5) is 30.2. The van der Waals surface area contributed by atoms with Gasteiger partial charge in [0.1, 0.15) is 0 Å². The number of aromatic nitrogens is 6. The Labute approximate surface area is 370 Å². The van der Waals surface area contributed by atoms with Crippen LogP contribution in [0.5, 0.6) is 0 Å². The molecule has 0 radical (unpaired) electrons. The number of hydrogen-bond acceptors (Lipinski definition) is 6. The molecule has 5 aromatic heterocycles. The van der Waals surface area contributed by atoms with Crippen LogP contribution in [-0.2, 0) is 0 Å². The highest BCUT2D eigenvalue weighted by molar-refractivity contribution is 5.81. The molecule has 5 aromatic rings. The molecule has 0 N–H and O–H groups in total. The average Bonchev–Trinajstić information content (AvgIpc) is 3.35. The minimum Gasteiger partial charge on any atom is -0.261 e. The van der Waals surface area contributed by atoms with Crippen LogP contribution >= 0.6 is 0 Å². The van der Waals surface area contributed by atoms with Crippen molar-refractivity contribution in [3.8, 4) is 0 Å². The van der Waals surface area contributed by atoms with Gasteiger partial charge in [0.15, 0.2) is 0 Å². The maximum Gasteiger partial charge on any atom is 0.0894 e. The molecule has 4 saturated carbocycles. The summed E-state index contributed by atoms with van der Waals surface area (Å²) >= 11 is 0. The van der Waals surface area contributed by atoms with Crippen LogP contribution in [0.25, 0.3) is 48.6 Å². The molecule has 0 atom stereocenters. The first kappa shape index (κ1) is 42.0. The molecule has 0 spiro atoms. The van der Waals surface area contributed by atoms with Gasteiger partial charge in [0.2, 0.25) is 0 Å². The number of nitrogens with zero attached hydrogens (tertiary/aromatic N) is 6. The van der Waals surface area contributed by atoms with E-state index in [4.69, 9.17) is 29.9 Å². The topological polar surface area (TPSA) is 77.3 Å². The van der Waals surface area contributed by atoms with E-state index in [1.807, 2.05) is 24.8 Å². The Morgan fingerprint density at radius 3 is 0.742 bits per heavy atom. The first-order chi connectivity index (χ1) is 30.7. The molecule has 318 valence electrons. The van der Waals surface area contributed by atoms with Gasteiger partial charge >= 0.3 is 0 Å². The fourth-order valence-corrected chi connectivity index (χ4v) is 10.4. The van der Waals surface area contributed by atoms with Gasteiger partial charge in [0.25, 0.3) is 0 Å². The molecule has 0 aliphatic heterocycles. The number of pyridine rings is 4. The predicted molar refractivity (Wildman–Crippen MR) is 258 cm³/mol. The quantitative estimate of drug-likeness (QED) is 0.125. The van der Waals surface area contributed by atoms with Gasteiger partial charge in [0.05, 0.1) is 22.8 Å². The van der Waals surface area contributed by atoms with E-state index < -0.39 is 0 Å². The second kappa shape index (κ2) is 21.1. The molecular formula is C56H64N6. The van der Waals surface area contributed by atoms with Crippen molar-refractivity contribution in [1.82, 2.24) is 29.9 Å². The SMILES string of the molecule is C(=Cc1nc(C=Cc2ccnc(C3CCCCC3)c2)c(C=Cc2ccnc(C3CCCCC3)c2)nc1C=Cc1ccnc(C2CCCCC2)c1)c1ccnc(C2CCCCC2)c1. The highest BCUT2D eigenvalue weighted by Crippen LogP contribution is 2.35. The van der Waals surface area contributed by atoms with Gasteiger partial charge in [-0.3, -0.25) is 19.9 Å². The van der Waals surface area contributed by atoms with Crippen molar-refractivity contribution in [3.63, 3.8) is 0 Å². The van der Waals surface area contributed by atoms with E-state index in [2.05, 4.69) is 97.1 Å². The molecule has 4 fully saturated rings. The van der Waals surface area contributed by atoms with E-state index >= 15 is 0 Å². The van der Waals surface area contributed by atoms with E-state index in [-0.39, 0.29) is 0 Å². The van der Waals surface area contributed by atoms with Gasteiger partial charge in [-0.25, -0.2) is 9.97 Å². The Hall–Kier alpha value is -5.36.